The van der Waals surface area contributed by atoms with Crippen molar-refractivity contribution < 1.29 is 9.53 Å². The SMILES string of the molecule is CCCn1c(C(=O)NCC2CCCO2)cc2sc(Br)cc21. The number of aromatic nitrogens is 1. The predicted molar refractivity (Wildman–Crippen MR) is 89.1 cm³/mol. The molecule has 4 nitrogen and oxygen atoms in total. The van der Waals surface area contributed by atoms with Crippen molar-refractivity contribution in [2.75, 3.05) is 13.2 Å². The summed E-state index contributed by atoms with van der Waals surface area (Å²) >= 11 is 5.18. The van der Waals surface area contributed by atoms with Crippen LogP contribution >= 0.6 is 27.3 Å². The smallest absolute Gasteiger partial charge is 0.268 e. The molecule has 1 fully saturated rings. The number of amides is 1. The Balaban J connectivity index is 1.79. The van der Waals surface area contributed by atoms with Gasteiger partial charge in [0.2, 0.25) is 0 Å². The largest absolute Gasteiger partial charge is 0.376 e. The molecule has 0 bridgehead atoms. The Morgan fingerprint density at radius 2 is 2.43 bits per heavy atom. The van der Waals surface area contributed by atoms with Crippen LogP contribution in [0.3, 0.4) is 0 Å². The van der Waals surface area contributed by atoms with Crippen LogP contribution in [0.1, 0.15) is 36.7 Å². The van der Waals surface area contributed by atoms with Crippen molar-refractivity contribution in [3.05, 3.63) is 21.6 Å². The summed E-state index contributed by atoms with van der Waals surface area (Å²) in [5.74, 6) is -0.00141. The van der Waals surface area contributed by atoms with Gasteiger partial charge in [-0.05, 0) is 47.3 Å². The van der Waals surface area contributed by atoms with Gasteiger partial charge < -0.3 is 14.6 Å². The summed E-state index contributed by atoms with van der Waals surface area (Å²) in [5.41, 5.74) is 1.89. The molecule has 1 atom stereocenters. The number of carbonyl (C=O) groups excluding carboxylic acids is 1. The number of aryl methyl sites for hydroxylation is 1. The molecule has 1 aliphatic rings. The summed E-state index contributed by atoms with van der Waals surface area (Å²) in [6, 6.07) is 4.08. The molecule has 0 aliphatic carbocycles. The Bertz CT molecular complexity index is 643. The fraction of sp³-hybridized carbons (Fsp3) is 0.533. The Morgan fingerprint density at radius 1 is 1.57 bits per heavy atom. The molecular formula is C15H19BrN2O2S. The van der Waals surface area contributed by atoms with Gasteiger partial charge in [0.05, 0.1) is 20.1 Å². The molecule has 114 valence electrons. The molecule has 1 unspecified atom stereocenters. The van der Waals surface area contributed by atoms with E-state index >= 15 is 0 Å². The van der Waals surface area contributed by atoms with E-state index in [2.05, 4.69) is 38.8 Å². The molecule has 6 heteroatoms. The lowest BCUT2D eigenvalue weighted by atomic mass is 10.2. The van der Waals surface area contributed by atoms with E-state index in [1.807, 2.05) is 6.07 Å². The Kier molecular flexibility index (Phi) is 4.66. The van der Waals surface area contributed by atoms with Crippen molar-refractivity contribution in [1.82, 2.24) is 9.88 Å². The zero-order chi connectivity index (χ0) is 14.8. The van der Waals surface area contributed by atoms with Gasteiger partial charge in [-0.15, -0.1) is 11.3 Å². The van der Waals surface area contributed by atoms with Crippen molar-refractivity contribution >= 4 is 43.4 Å². The van der Waals surface area contributed by atoms with Gasteiger partial charge in [0.1, 0.15) is 5.69 Å². The quantitative estimate of drug-likeness (QED) is 0.869. The highest BCUT2D eigenvalue weighted by Crippen LogP contribution is 2.32. The normalized spacial score (nSPS) is 18.5. The summed E-state index contributed by atoms with van der Waals surface area (Å²) in [4.78, 5) is 12.5. The summed E-state index contributed by atoms with van der Waals surface area (Å²) in [5, 5.41) is 3.01. The summed E-state index contributed by atoms with van der Waals surface area (Å²) < 4.78 is 9.91. The van der Waals surface area contributed by atoms with Crippen molar-refractivity contribution in [3.63, 3.8) is 0 Å². The first-order chi connectivity index (χ1) is 10.2. The number of halogens is 1. The van der Waals surface area contributed by atoms with Crippen LogP contribution in [0.25, 0.3) is 10.2 Å². The third-order valence-corrected chi connectivity index (χ3v) is 5.33. The first-order valence-corrected chi connectivity index (χ1v) is 8.98. The maximum atomic E-state index is 12.5. The second-order valence-electron chi connectivity index (χ2n) is 5.33. The second kappa shape index (κ2) is 6.50. The van der Waals surface area contributed by atoms with Crippen LogP contribution in [-0.2, 0) is 11.3 Å². The number of hydrogen-bond donors (Lipinski definition) is 1. The van der Waals surface area contributed by atoms with Gasteiger partial charge >= 0.3 is 0 Å². The number of fused-ring (bicyclic) bond motifs is 1. The van der Waals surface area contributed by atoms with Crippen LogP contribution in [0.15, 0.2) is 15.9 Å². The minimum Gasteiger partial charge on any atom is -0.376 e. The third-order valence-electron chi connectivity index (χ3n) is 3.75. The molecule has 1 amide bonds. The number of ether oxygens (including phenoxy) is 1. The average molecular weight is 371 g/mol. The molecule has 1 aliphatic heterocycles. The van der Waals surface area contributed by atoms with Crippen LogP contribution in [0.2, 0.25) is 0 Å². The van der Waals surface area contributed by atoms with Crippen molar-refractivity contribution in [1.29, 1.82) is 0 Å². The molecule has 0 aromatic carbocycles. The topological polar surface area (TPSA) is 43.3 Å². The van der Waals surface area contributed by atoms with E-state index in [9.17, 15) is 4.79 Å². The van der Waals surface area contributed by atoms with E-state index in [-0.39, 0.29) is 12.0 Å². The number of hydrogen-bond acceptors (Lipinski definition) is 3. The van der Waals surface area contributed by atoms with Crippen LogP contribution in [-0.4, -0.2) is 29.7 Å². The van der Waals surface area contributed by atoms with Crippen LogP contribution in [0.4, 0.5) is 0 Å². The number of nitrogens with zero attached hydrogens (tertiary/aromatic N) is 1. The zero-order valence-corrected chi connectivity index (χ0v) is 14.4. The van der Waals surface area contributed by atoms with Crippen LogP contribution < -0.4 is 5.32 Å². The molecule has 1 N–H and O–H groups in total. The molecule has 0 radical (unpaired) electrons. The lowest BCUT2D eigenvalue weighted by molar-refractivity contribution is 0.0850. The molecule has 21 heavy (non-hydrogen) atoms. The maximum Gasteiger partial charge on any atom is 0.268 e. The number of rotatable bonds is 5. The van der Waals surface area contributed by atoms with Gasteiger partial charge in [-0.2, -0.15) is 0 Å². The molecule has 0 spiro atoms. The molecule has 1 saturated heterocycles. The molecular weight excluding hydrogens is 352 g/mol. The fourth-order valence-corrected chi connectivity index (χ4v) is 4.33. The predicted octanol–water partition coefficient (Wildman–Crippen LogP) is 3.78. The maximum absolute atomic E-state index is 12.5. The second-order valence-corrected chi connectivity index (χ2v) is 7.79. The third kappa shape index (κ3) is 3.17. The van der Waals surface area contributed by atoms with E-state index in [4.69, 9.17) is 4.74 Å². The van der Waals surface area contributed by atoms with Gasteiger partial charge in [0.25, 0.3) is 5.91 Å². The molecule has 2 aromatic rings. The van der Waals surface area contributed by atoms with Crippen molar-refractivity contribution in [3.8, 4) is 0 Å². The van der Waals surface area contributed by atoms with Crippen molar-refractivity contribution in [2.45, 2.75) is 38.8 Å². The summed E-state index contributed by atoms with van der Waals surface area (Å²) in [7, 11) is 0. The summed E-state index contributed by atoms with van der Waals surface area (Å²) in [6.07, 6.45) is 3.32. The van der Waals surface area contributed by atoms with Gasteiger partial charge in [-0.25, -0.2) is 0 Å². The van der Waals surface area contributed by atoms with Crippen molar-refractivity contribution in [2.24, 2.45) is 0 Å². The molecule has 2 aromatic heterocycles. The summed E-state index contributed by atoms with van der Waals surface area (Å²) in [6.45, 7) is 4.40. The van der Waals surface area contributed by atoms with Gasteiger partial charge in [0, 0.05) is 19.7 Å². The van der Waals surface area contributed by atoms with Gasteiger partial charge in [-0.1, -0.05) is 6.92 Å². The Morgan fingerprint density at radius 3 is 3.14 bits per heavy atom. The highest BCUT2D eigenvalue weighted by molar-refractivity contribution is 9.11. The minimum atomic E-state index is -0.00141. The lowest BCUT2D eigenvalue weighted by Gasteiger charge is -2.12. The standard InChI is InChI=1S/C15H19BrN2O2S/c1-2-5-18-11-8-14(16)21-13(11)7-12(18)15(19)17-9-10-4-3-6-20-10/h7-8,10H,2-6,9H2,1H3,(H,17,19). The zero-order valence-electron chi connectivity index (χ0n) is 12.0. The lowest BCUT2D eigenvalue weighted by Crippen LogP contribution is -2.33. The molecule has 0 saturated carbocycles. The first kappa shape index (κ1) is 15.1. The monoisotopic (exact) mass is 370 g/mol. The van der Waals surface area contributed by atoms with E-state index in [1.54, 1.807) is 11.3 Å². The first-order valence-electron chi connectivity index (χ1n) is 7.37. The fourth-order valence-electron chi connectivity index (χ4n) is 2.77. The number of nitrogens with one attached hydrogen (secondary N) is 1. The highest BCUT2D eigenvalue weighted by Gasteiger charge is 2.20. The highest BCUT2D eigenvalue weighted by atomic mass is 79.9. The van der Waals surface area contributed by atoms with E-state index in [0.717, 1.165) is 52.1 Å². The minimum absolute atomic E-state index is 0.00141. The van der Waals surface area contributed by atoms with Gasteiger partial charge in [0.15, 0.2) is 0 Å². The van der Waals surface area contributed by atoms with E-state index < -0.39 is 0 Å². The van der Waals surface area contributed by atoms with Crippen LogP contribution in [0.5, 0.6) is 0 Å². The number of thiophene rings is 1. The van der Waals surface area contributed by atoms with Crippen LogP contribution in [0, 0.1) is 0 Å². The van der Waals surface area contributed by atoms with E-state index in [0.29, 0.717) is 6.54 Å². The Hall–Kier alpha value is -0.850. The molecule has 3 rings (SSSR count). The van der Waals surface area contributed by atoms with Gasteiger partial charge in [-0.3, -0.25) is 4.79 Å². The number of carbonyl (C=O) groups is 1. The molecule has 3 heterocycles. The Labute approximate surface area is 136 Å². The average Bonchev–Trinajstić information content (AvgIpc) is 3.14. The van der Waals surface area contributed by atoms with E-state index in [1.165, 1.54) is 0 Å².